The summed E-state index contributed by atoms with van der Waals surface area (Å²) in [6, 6.07) is 5.84. The van der Waals surface area contributed by atoms with Crippen LogP contribution in [0.25, 0.3) is 11.3 Å². The highest BCUT2D eigenvalue weighted by Gasteiger charge is 2.12. The Morgan fingerprint density at radius 1 is 1.11 bits per heavy atom. The number of pyridine rings is 2. The van der Waals surface area contributed by atoms with Crippen molar-refractivity contribution in [3.63, 3.8) is 0 Å². The molecular weight excluding hydrogens is 240 g/mol. The molecule has 2 aromatic rings. The predicted molar refractivity (Wildman–Crippen MR) is 74.9 cm³/mol. The third-order valence-electron chi connectivity index (χ3n) is 3.25. The maximum atomic E-state index is 5.93. The van der Waals surface area contributed by atoms with E-state index < -0.39 is 0 Å². The molecule has 0 amide bonds. The number of anilines is 2. The first-order valence-corrected chi connectivity index (χ1v) is 6.33. The maximum absolute atomic E-state index is 5.93. The van der Waals surface area contributed by atoms with Crippen LogP contribution in [0.4, 0.5) is 11.4 Å². The van der Waals surface area contributed by atoms with E-state index in [1.165, 1.54) is 0 Å². The summed E-state index contributed by atoms with van der Waals surface area (Å²) in [7, 11) is 0. The van der Waals surface area contributed by atoms with Gasteiger partial charge in [-0.05, 0) is 18.2 Å². The molecule has 1 fully saturated rings. The molecule has 2 aromatic heterocycles. The summed E-state index contributed by atoms with van der Waals surface area (Å²) in [6.07, 6.45) is 5.31. The van der Waals surface area contributed by atoms with Gasteiger partial charge in [-0.15, -0.1) is 0 Å². The minimum Gasteiger partial charge on any atom is -0.398 e. The van der Waals surface area contributed by atoms with Gasteiger partial charge in [0.15, 0.2) is 0 Å². The van der Waals surface area contributed by atoms with Crippen LogP contribution in [-0.2, 0) is 4.74 Å². The summed E-state index contributed by atoms with van der Waals surface area (Å²) < 4.78 is 5.34. The van der Waals surface area contributed by atoms with E-state index in [4.69, 9.17) is 10.5 Å². The van der Waals surface area contributed by atoms with Gasteiger partial charge in [0, 0.05) is 36.7 Å². The Bertz CT molecular complexity index is 550. The van der Waals surface area contributed by atoms with Gasteiger partial charge in [-0.1, -0.05) is 0 Å². The van der Waals surface area contributed by atoms with E-state index in [0.29, 0.717) is 5.69 Å². The predicted octanol–water partition coefficient (Wildman–Crippen LogP) is 1.56. The maximum Gasteiger partial charge on any atom is 0.0739 e. The number of hydrogen-bond acceptors (Lipinski definition) is 5. The number of hydrogen-bond donors (Lipinski definition) is 1. The average molecular weight is 256 g/mol. The van der Waals surface area contributed by atoms with Crippen LogP contribution in [0.3, 0.4) is 0 Å². The molecule has 1 saturated heterocycles. The van der Waals surface area contributed by atoms with Gasteiger partial charge < -0.3 is 15.4 Å². The van der Waals surface area contributed by atoms with Crippen molar-refractivity contribution in [1.29, 1.82) is 0 Å². The Morgan fingerprint density at radius 2 is 1.95 bits per heavy atom. The van der Waals surface area contributed by atoms with E-state index in [9.17, 15) is 0 Å². The number of aromatic nitrogens is 2. The van der Waals surface area contributed by atoms with Crippen molar-refractivity contribution in [2.24, 2.45) is 0 Å². The fraction of sp³-hybridized carbons (Fsp3) is 0.286. The van der Waals surface area contributed by atoms with Gasteiger partial charge in [0.25, 0.3) is 0 Å². The van der Waals surface area contributed by atoms with Crippen LogP contribution in [0.1, 0.15) is 0 Å². The summed E-state index contributed by atoms with van der Waals surface area (Å²) in [5.41, 5.74) is 9.46. The van der Waals surface area contributed by atoms with Crippen molar-refractivity contribution in [3.05, 3.63) is 36.8 Å². The number of nitrogen functional groups attached to an aromatic ring is 1. The monoisotopic (exact) mass is 256 g/mol. The van der Waals surface area contributed by atoms with Gasteiger partial charge in [-0.25, -0.2) is 0 Å². The van der Waals surface area contributed by atoms with Gasteiger partial charge in [-0.2, -0.15) is 0 Å². The Morgan fingerprint density at radius 3 is 2.63 bits per heavy atom. The topological polar surface area (TPSA) is 64.3 Å². The molecule has 0 aromatic carbocycles. The van der Waals surface area contributed by atoms with Gasteiger partial charge in [0.2, 0.25) is 0 Å². The van der Waals surface area contributed by atoms with Gasteiger partial charge in [0.1, 0.15) is 0 Å². The molecule has 0 saturated carbocycles. The van der Waals surface area contributed by atoms with Crippen molar-refractivity contribution in [1.82, 2.24) is 9.97 Å². The minimum absolute atomic E-state index is 0.696. The quantitative estimate of drug-likeness (QED) is 0.883. The van der Waals surface area contributed by atoms with Crippen LogP contribution in [-0.4, -0.2) is 36.3 Å². The lowest BCUT2D eigenvalue weighted by Gasteiger charge is -2.28. The number of ether oxygens (including phenoxy) is 1. The van der Waals surface area contributed by atoms with Crippen molar-refractivity contribution < 1.29 is 4.74 Å². The first-order valence-electron chi connectivity index (χ1n) is 6.33. The van der Waals surface area contributed by atoms with Crippen molar-refractivity contribution in [3.8, 4) is 11.3 Å². The van der Waals surface area contributed by atoms with Crippen LogP contribution in [0.15, 0.2) is 36.8 Å². The van der Waals surface area contributed by atoms with Gasteiger partial charge in [0.05, 0.1) is 30.8 Å². The molecule has 2 N–H and O–H groups in total. The zero-order chi connectivity index (χ0) is 13.1. The van der Waals surface area contributed by atoms with E-state index in [1.54, 1.807) is 18.5 Å². The Hall–Kier alpha value is -2.14. The molecule has 0 radical (unpaired) electrons. The smallest absolute Gasteiger partial charge is 0.0739 e. The Balaban J connectivity index is 1.84. The normalized spacial score (nSPS) is 15.5. The van der Waals surface area contributed by atoms with Crippen LogP contribution in [0.2, 0.25) is 0 Å². The molecule has 98 valence electrons. The number of rotatable bonds is 2. The zero-order valence-corrected chi connectivity index (χ0v) is 10.6. The summed E-state index contributed by atoms with van der Waals surface area (Å²) in [4.78, 5) is 10.8. The number of nitrogens with two attached hydrogens (primary N) is 1. The standard InChI is InChI=1S/C14H16N4O/c15-13-3-4-16-10-12(13)14-2-1-11(9-17-14)18-5-7-19-8-6-18/h1-4,9-10H,5-8H2,(H2,15,16). The molecule has 5 heteroatoms. The van der Waals surface area contributed by atoms with E-state index in [1.807, 2.05) is 12.3 Å². The molecular formula is C14H16N4O. The molecule has 0 spiro atoms. The highest BCUT2D eigenvalue weighted by molar-refractivity contribution is 5.73. The lowest BCUT2D eigenvalue weighted by atomic mass is 10.1. The van der Waals surface area contributed by atoms with Crippen LogP contribution in [0.5, 0.6) is 0 Å². The number of nitrogens with zero attached hydrogens (tertiary/aromatic N) is 3. The molecule has 5 nitrogen and oxygen atoms in total. The molecule has 1 aliphatic heterocycles. The van der Waals surface area contributed by atoms with E-state index >= 15 is 0 Å². The minimum atomic E-state index is 0.696. The highest BCUT2D eigenvalue weighted by atomic mass is 16.5. The highest BCUT2D eigenvalue weighted by Crippen LogP contribution is 2.24. The van der Waals surface area contributed by atoms with Crippen molar-refractivity contribution in [2.45, 2.75) is 0 Å². The molecule has 3 rings (SSSR count). The van der Waals surface area contributed by atoms with E-state index in [-0.39, 0.29) is 0 Å². The summed E-state index contributed by atoms with van der Waals surface area (Å²) in [6.45, 7) is 3.38. The number of morpholine rings is 1. The second kappa shape index (κ2) is 5.24. The molecule has 19 heavy (non-hydrogen) atoms. The van der Waals surface area contributed by atoms with Crippen LogP contribution in [0, 0.1) is 0 Å². The lowest BCUT2D eigenvalue weighted by Crippen LogP contribution is -2.36. The fourth-order valence-corrected chi connectivity index (χ4v) is 2.17. The molecule has 0 unspecified atom stereocenters. The molecule has 0 atom stereocenters. The van der Waals surface area contributed by atoms with E-state index in [0.717, 1.165) is 43.2 Å². The van der Waals surface area contributed by atoms with Gasteiger partial charge >= 0.3 is 0 Å². The molecule has 1 aliphatic rings. The summed E-state index contributed by atoms with van der Waals surface area (Å²) in [5, 5.41) is 0. The molecule has 0 aliphatic carbocycles. The van der Waals surface area contributed by atoms with Crippen molar-refractivity contribution >= 4 is 11.4 Å². The zero-order valence-electron chi connectivity index (χ0n) is 10.6. The average Bonchev–Trinajstić information content (AvgIpc) is 2.49. The van der Waals surface area contributed by atoms with E-state index in [2.05, 4.69) is 20.9 Å². The first-order chi connectivity index (χ1) is 9.34. The lowest BCUT2D eigenvalue weighted by molar-refractivity contribution is 0.122. The SMILES string of the molecule is Nc1ccncc1-c1ccc(N2CCOCC2)cn1. The second-order valence-corrected chi connectivity index (χ2v) is 4.46. The third kappa shape index (κ3) is 2.51. The third-order valence-corrected chi connectivity index (χ3v) is 3.25. The fourth-order valence-electron chi connectivity index (χ4n) is 2.17. The Kier molecular flexibility index (Phi) is 3.29. The van der Waals surface area contributed by atoms with Crippen molar-refractivity contribution in [2.75, 3.05) is 36.9 Å². The largest absolute Gasteiger partial charge is 0.398 e. The van der Waals surface area contributed by atoms with Gasteiger partial charge in [-0.3, -0.25) is 9.97 Å². The van der Waals surface area contributed by atoms with Crippen LogP contribution < -0.4 is 10.6 Å². The first kappa shape index (κ1) is 11.9. The summed E-state index contributed by atoms with van der Waals surface area (Å²) >= 11 is 0. The Labute approximate surface area is 112 Å². The second-order valence-electron chi connectivity index (χ2n) is 4.46. The molecule has 0 bridgehead atoms. The van der Waals surface area contributed by atoms with Crippen LogP contribution >= 0.6 is 0 Å². The summed E-state index contributed by atoms with van der Waals surface area (Å²) in [5.74, 6) is 0. The molecule has 3 heterocycles.